The molecule has 0 rings (SSSR count). The molecule has 0 aliphatic carbocycles. The predicted octanol–water partition coefficient (Wildman–Crippen LogP) is 0.627. The van der Waals surface area contributed by atoms with Gasteiger partial charge in [-0.15, -0.1) is 0 Å². The van der Waals surface area contributed by atoms with E-state index in [-0.39, 0.29) is 31.4 Å². The molecule has 0 heterocycles. The number of hydrogen-bond donors (Lipinski definition) is 0. The summed E-state index contributed by atoms with van der Waals surface area (Å²) in [6.45, 7) is 5.12. The van der Waals surface area contributed by atoms with Gasteiger partial charge in [-0.25, -0.2) is 0 Å². The van der Waals surface area contributed by atoms with Crippen molar-refractivity contribution < 1.29 is 29.0 Å². The van der Waals surface area contributed by atoms with Gasteiger partial charge in [-0.05, 0) is 0 Å². The van der Waals surface area contributed by atoms with Crippen molar-refractivity contribution in [1.82, 2.24) is 0 Å². The van der Waals surface area contributed by atoms with Gasteiger partial charge < -0.3 is 11.7 Å². The molecular formula is C5H9O2Zn+. The zero-order chi connectivity index (χ0) is 5.86. The average molecular weight is 167 g/mol. The minimum atomic E-state index is -0.264. The second-order valence-corrected chi connectivity index (χ2v) is 1.42. The Morgan fingerprint density at radius 1 is 1.75 bits per heavy atom. The molecule has 0 N–H and O–H groups in total. The maximum absolute atomic E-state index is 10.2. The molecule has 0 spiro atoms. The molecule has 0 unspecified atom stereocenters. The Hall–Kier alpha value is 0.0934. The third-order valence-electron chi connectivity index (χ3n) is 0.604. The van der Waals surface area contributed by atoms with Gasteiger partial charge in [-0.2, -0.15) is 0 Å². The fraction of sp³-hybridized carbons (Fsp3) is 0.600. The molecule has 0 aliphatic heterocycles. The van der Waals surface area contributed by atoms with Gasteiger partial charge in [0.1, 0.15) is 0 Å². The minimum Gasteiger partial charge on any atom is -0.471 e. The molecule has 0 amide bonds. The first-order chi connectivity index (χ1) is 3.18. The summed E-state index contributed by atoms with van der Waals surface area (Å²) < 4.78 is 4.31. The Kier molecular flexibility index (Phi) is 7.18. The van der Waals surface area contributed by atoms with Crippen molar-refractivity contribution in [3.63, 3.8) is 0 Å². The Morgan fingerprint density at radius 3 is 2.12 bits per heavy atom. The van der Waals surface area contributed by atoms with Crippen molar-refractivity contribution in [3.05, 3.63) is 6.92 Å². The molecule has 3 heteroatoms. The molecule has 42 valence electrons. The van der Waals surface area contributed by atoms with Gasteiger partial charge in [0, 0.05) is 0 Å². The number of carbonyl (C=O) groups excluding carboxylic acids is 1. The fourth-order valence-electron chi connectivity index (χ4n) is 0.201. The number of rotatable bonds is 1. The van der Waals surface area contributed by atoms with Crippen LogP contribution in [0.3, 0.4) is 0 Å². The Bertz CT molecular complexity index is 70.8. The van der Waals surface area contributed by atoms with Gasteiger partial charge >= 0.3 is 19.5 Å². The maximum atomic E-state index is 10.2. The number of hydrogen-bond acceptors (Lipinski definition) is 2. The molecule has 0 aliphatic rings. The van der Waals surface area contributed by atoms with Gasteiger partial charge in [-0.1, -0.05) is 12.8 Å². The minimum absolute atomic E-state index is 0. The van der Waals surface area contributed by atoms with Crippen molar-refractivity contribution in [1.29, 1.82) is 0 Å². The van der Waals surface area contributed by atoms with Crippen LogP contribution in [0.2, 0.25) is 0 Å². The molecule has 0 saturated carbocycles. The third kappa shape index (κ3) is 4.26. The van der Waals surface area contributed by atoms with Crippen LogP contribution in [0, 0.1) is 12.8 Å². The van der Waals surface area contributed by atoms with Crippen LogP contribution >= 0.6 is 0 Å². The van der Waals surface area contributed by atoms with Crippen molar-refractivity contribution in [3.8, 4) is 0 Å². The SMILES string of the molecule is [CH2-][C@H](C)C(=O)OC.[Zn+2]. The maximum Gasteiger partial charge on any atom is 2.00 e. The number of ether oxygens (including phenoxy) is 1. The van der Waals surface area contributed by atoms with Crippen LogP contribution < -0.4 is 0 Å². The van der Waals surface area contributed by atoms with Crippen molar-refractivity contribution >= 4 is 5.97 Å². The largest absolute Gasteiger partial charge is 2.00 e. The predicted molar refractivity (Wildman–Crippen MR) is 26.5 cm³/mol. The summed E-state index contributed by atoms with van der Waals surface area (Å²) in [6.07, 6.45) is 0. The van der Waals surface area contributed by atoms with E-state index in [1.54, 1.807) is 6.92 Å². The zero-order valence-electron chi connectivity index (χ0n) is 5.31. The van der Waals surface area contributed by atoms with E-state index in [1.165, 1.54) is 7.11 Å². The number of esters is 1. The van der Waals surface area contributed by atoms with E-state index in [0.717, 1.165) is 0 Å². The summed E-state index contributed by atoms with van der Waals surface area (Å²) >= 11 is 0. The summed E-state index contributed by atoms with van der Waals surface area (Å²) in [6, 6.07) is 0. The summed E-state index contributed by atoms with van der Waals surface area (Å²) in [7, 11) is 1.35. The first-order valence-electron chi connectivity index (χ1n) is 2.09. The van der Waals surface area contributed by atoms with Gasteiger partial charge in [-0.3, -0.25) is 4.79 Å². The van der Waals surface area contributed by atoms with E-state index < -0.39 is 0 Å². The molecule has 0 aromatic rings. The monoisotopic (exact) mass is 165 g/mol. The van der Waals surface area contributed by atoms with Crippen LogP contribution in [0.1, 0.15) is 6.92 Å². The van der Waals surface area contributed by atoms with E-state index >= 15 is 0 Å². The van der Waals surface area contributed by atoms with Crippen LogP contribution in [-0.4, -0.2) is 13.1 Å². The summed E-state index contributed by atoms with van der Waals surface area (Å²) in [4.78, 5) is 10.2. The van der Waals surface area contributed by atoms with E-state index in [0.29, 0.717) is 0 Å². The first kappa shape index (κ1) is 11.0. The van der Waals surface area contributed by atoms with Crippen LogP contribution in [-0.2, 0) is 29.0 Å². The molecule has 0 fully saturated rings. The van der Waals surface area contributed by atoms with Crippen molar-refractivity contribution in [2.75, 3.05) is 7.11 Å². The molecule has 2 nitrogen and oxygen atoms in total. The van der Waals surface area contributed by atoms with E-state index in [9.17, 15) is 4.79 Å². The second-order valence-electron chi connectivity index (χ2n) is 1.42. The third-order valence-corrected chi connectivity index (χ3v) is 0.604. The molecular weight excluding hydrogens is 157 g/mol. The van der Waals surface area contributed by atoms with Crippen LogP contribution in [0.5, 0.6) is 0 Å². The smallest absolute Gasteiger partial charge is 0.471 e. The Balaban J connectivity index is 0. The normalized spacial score (nSPS) is 11.4. The van der Waals surface area contributed by atoms with E-state index in [2.05, 4.69) is 11.7 Å². The Labute approximate surface area is 62.4 Å². The average Bonchev–Trinajstić information content (AvgIpc) is 1.65. The van der Waals surface area contributed by atoms with Crippen LogP contribution in [0.25, 0.3) is 0 Å². The summed E-state index contributed by atoms with van der Waals surface area (Å²) in [5.74, 6) is -0.509. The number of methoxy groups -OCH3 is 1. The molecule has 0 radical (unpaired) electrons. The number of carbonyl (C=O) groups is 1. The summed E-state index contributed by atoms with van der Waals surface area (Å²) in [5.41, 5.74) is 0. The van der Waals surface area contributed by atoms with Crippen LogP contribution in [0.4, 0.5) is 0 Å². The molecule has 0 saturated heterocycles. The van der Waals surface area contributed by atoms with Gasteiger partial charge in [0.25, 0.3) is 5.97 Å². The molecule has 0 aromatic heterocycles. The van der Waals surface area contributed by atoms with E-state index in [1.807, 2.05) is 0 Å². The fourth-order valence-corrected chi connectivity index (χ4v) is 0.201. The van der Waals surface area contributed by atoms with Gasteiger partial charge in [0.05, 0.1) is 7.11 Å². The van der Waals surface area contributed by atoms with Crippen LogP contribution in [0.15, 0.2) is 0 Å². The second kappa shape index (κ2) is 5.23. The van der Waals surface area contributed by atoms with Crippen molar-refractivity contribution in [2.45, 2.75) is 6.92 Å². The quantitative estimate of drug-likeness (QED) is 0.324. The standard InChI is InChI=1S/C5H9O2.Zn/c1-4(2)5(6)7-3;/h4H,1H2,2-3H3;/q-1;+2/t4-;/m1./s1. The molecule has 0 bridgehead atoms. The Morgan fingerprint density at radius 2 is 2.12 bits per heavy atom. The van der Waals surface area contributed by atoms with Crippen molar-refractivity contribution in [2.24, 2.45) is 5.92 Å². The van der Waals surface area contributed by atoms with Gasteiger partial charge in [0.15, 0.2) is 0 Å². The molecule has 8 heavy (non-hydrogen) atoms. The molecule has 0 aromatic carbocycles. The summed E-state index contributed by atoms with van der Waals surface area (Å²) in [5, 5.41) is 0. The molecule has 1 atom stereocenters. The zero-order valence-corrected chi connectivity index (χ0v) is 8.28. The topological polar surface area (TPSA) is 26.3 Å². The van der Waals surface area contributed by atoms with E-state index in [4.69, 9.17) is 0 Å². The first-order valence-corrected chi connectivity index (χ1v) is 2.09. The van der Waals surface area contributed by atoms with Gasteiger partial charge in [0.2, 0.25) is 0 Å².